The predicted octanol–water partition coefficient (Wildman–Crippen LogP) is -22.6. The molecule has 0 bridgehead atoms. The molecule has 824 valence electrons. The van der Waals surface area contributed by atoms with Crippen molar-refractivity contribution < 1.29 is 282 Å². The zero-order valence-corrected chi connectivity index (χ0v) is 77.5. The molecule has 4 amide bonds. The van der Waals surface area contributed by atoms with Crippen molar-refractivity contribution in [2.45, 2.75) is 398 Å². The van der Waals surface area contributed by atoms with Crippen LogP contribution in [0.15, 0.2) is 0 Å². The Hall–Kier alpha value is -4.24. The maximum absolute atomic E-state index is 13.3. The Labute approximate surface area is 807 Å². The number of aliphatic hydroxyl groups excluding tert-OH is 30. The number of carbonyl (C=O) groups is 4. The van der Waals surface area contributed by atoms with E-state index < -0.39 is 458 Å². The molecule has 11 rings (SSSR count). The molecule has 11 saturated heterocycles. The maximum Gasteiger partial charge on any atom is 0.283 e. The van der Waals surface area contributed by atoms with Gasteiger partial charge in [0.2, 0.25) is 23.6 Å². The van der Waals surface area contributed by atoms with Crippen LogP contribution in [-0.2, 0) is 119 Å². The normalized spacial score (nSPS) is 48.6. The first-order valence-electron chi connectivity index (χ1n) is 46.0. The molecule has 11 heterocycles. The fourth-order valence-corrected chi connectivity index (χ4v) is 18.8. The first-order chi connectivity index (χ1) is 66.9. The second-order valence-electron chi connectivity index (χ2n) is 37.1. The Morgan fingerprint density at radius 2 is 0.570 bits per heavy atom. The van der Waals surface area contributed by atoms with Gasteiger partial charge in [0, 0.05) is 39.5 Å². The Morgan fingerprint density at radius 1 is 0.296 bits per heavy atom. The van der Waals surface area contributed by atoms with Crippen molar-refractivity contribution in [2.24, 2.45) is 11.8 Å². The zero-order chi connectivity index (χ0) is 105. The minimum atomic E-state index is -2.87. The molecule has 0 radical (unpaired) electrons. The summed E-state index contributed by atoms with van der Waals surface area (Å²) >= 11 is 0. The molecule has 0 spiro atoms. The molecule has 142 heavy (non-hydrogen) atoms. The van der Waals surface area contributed by atoms with Gasteiger partial charge in [-0.3, -0.25) is 19.2 Å². The van der Waals surface area contributed by atoms with Crippen LogP contribution in [0.25, 0.3) is 0 Å². The number of hydrogen-bond acceptors (Lipinski definition) is 57. The standard InChI is InChI=1S/C81H138N4O57/c1-21-28(98)8-80(120,141-63(21)45(102)30(100)10-86)123-19-39-49(106)56(113)60(117)75(132-39)135-66-35(15-91)129-73(43(54(66)111)84-26(6)96)139-70-58(115)47(104)32(12-88)126-78(70)122-18-38-51(108)69(62(119)77(131-38)137-68-37(17-93)128-72(42(53(68)110)83-25(5)95)134-65-34(14-90)125-23(3)41(52(65)109)82-24(4)94)138-79-71(59(116)48(105)33(13-89)127-79)140-74-44(85-27(7)97)55(112)67(36(16-92)130-74)136-76-61(118)57(114)50(107)40(133-76)20-124-81(121)9-29(99)22(2)64(142-81)46(103)31(101)11-87/h21-23,28-79,86-93,98-121H,8-20H2,1-7H3,(H,82,94)(H,83,95)(H,84,96)(H,85,97)/t21-,22-,23+,28-,29-,30?,31?,32?,33?,34?,35+,36?,37?,38?,39?,40?,41?,42?,43?,44?,45-,46-,47-,48-,49+,50+,51-,52-,53-,54?,55-,56+,57+,58+,59?,60?,61?,62?,63?,64?,65-,66-,67-,68-,69+,70?,71?,72+,73+,74+,75+,76+,77+,78+,79-,80-,81-/m1/s1. The van der Waals surface area contributed by atoms with E-state index in [1.165, 1.54) is 20.8 Å². The number of ether oxygens (including phenoxy) is 21. The first-order valence-corrected chi connectivity index (χ1v) is 46.0. The van der Waals surface area contributed by atoms with Gasteiger partial charge in [0.15, 0.2) is 50.3 Å². The predicted molar refractivity (Wildman–Crippen MR) is 442 cm³/mol. The molecule has 11 fully saturated rings. The molecule has 23 unspecified atom stereocenters. The lowest BCUT2D eigenvalue weighted by Gasteiger charge is -2.51. The Bertz CT molecular complexity index is 3920. The largest absolute Gasteiger partial charge is 0.394 e. The highest BCUT2D eigenvalue weighted by atomic mass is 16.9. The number of hydrogen-bond donors (Lipinski definition) is 36. The Kier molecular flexibility index (Phi) is 42.2. The summed E-state index contributed by atoms with van der Waals surface area (Å²) < 4.78 is 125. The minimum absolute atomic E-state index is 0.661. The zero-order valence-electron chi connectivity index (χ0n) is 77.5. The van der Waals surface area contributed by atoms with Crippen molar-refractivity contribution in [1.29, 1.82) is 0 Å². The second kappa shape index (κ2) is 50.8. The molecular formula is C81H138N4O57. The number of carbonyl (C=O) groups excluding carboxylic acids is 4. The summed E-state index contributed by atoms with van der Waals surface area (Å²) in [6.45, 7) is -4.35. The lowest BCUT2D eigenvalue weighted by Crippen LogP contribution is -2.71. The molecule has 0 aliphatic carbocycles. The van der Waals surface area contributed by atoms with Gasteiger partial charge >= 0.3 is 0 Å². The molecule has 0 saturated carbocycles. The minimum Gasteiger partial charge on any atom is -0.394 e. The van der Waals surface area contributed by atoms with E-state index in [4.69, 9.17) is 99.5 Å². The molecule has 11 aliphatic rings. The summed E-state index contributed by atoms with van der Waals surface area (Å²) in [7, 11) is 0. The van der Waals surface area contributed by atoms with Gasteiger partial charge < -0.3 is 284 Å². The number of nitrogens with one attached hydrogen (secondary N) is 4. The Morgan fingerprint density at radius 3 is 0.915 bits per heavy atom. The quantitative estimate of drug-likeness (QED) is 0.0254. The van der Waals surface area contributed by atoms with Crippen molar-refractivity contribution in [3.63, 3.8) is 0 Å². The molecule has 61 nitrogen and oxygen atoms in total. The topological polar surface area (TPSA) is 958 Å². The fraction of sp³-hybridized carbons (Fsp3) is 0.951. The highest BCUT2D eigenvalue weighted by molar-refractivity contribution is 5.74. The number of aliphatic hydroxyl groups is 32. The first kappa shape index (κ1) is 118. The molecule has 0 aromatic rings. The molecule has 36 N–H and O–H groups in total. The van der Waals surface area contributed by atoms with Gasteiger partial charge in [0.25, 0.3) is 11.9 Å². The van der Waals surface area contributed by atoms with Gasteiger partial charge in [-0.05, 0) is 6.92 Å². The van der Waals surface area contributed by atoms with Gasteiger partial charge in [-0.2, -0.15) is 0 Å². The average molecular weight is 2080 g/mol. The summed E-state index contributed by atoms with van der Waals surface area (Å²) in [6.07, 6.45) is -104. The second-order valence-corrected chi connectivity index (χ2v) is 37.1. The van der Waals surface area contributed by atoms with E-state index in [0.29, 0.717) is 0 Å². The summed E-state index contributed by atoms with van der Waals surface area (Å²) in [4.78, 5) is 52.0. The summed E-state index contributed by atoms with van der Waals surface area (Å²) in [5.74, 6) is -11.4. The van der Waals surface area contributed by atoms with Crippen molar-refractivity contribution >= 4 is 23.6 Å². The number of rotatable bonds is 39. The lowest BCUT2D eigenvalue weighted by atomic mass is 9.87. The molecule has 57 atom stereocenters. The van der Waals surface area contributed by atoms with E-state index in [1.54, 1.807) is 0 Å². The van der Waals surface area contributed by atoms with Crippen LogP contribution in [0.5, 0.6) is 0 Å². The highest BCUT2D eigenvalue weighted by Crippen LogP contribution is 2.44. The molecular weight excluding hydrogens is 1940 g/mol. The third kappa shape index (κ3) is 26.5. The van der Waals surface area contributed by atoms with E-state index in [1.807, 2.05) is 0 Å². The third-order valence-electron chi connectivity index (χ3n) is 26.9. The van der Waals surface area contributed by atoms with Crippen LogP contribution in [-0.4, -0.2) is 596 Å². The Balaban J connectivity index is 0.881. The smallest absolute Gasteiger partial charge is 0.283 e. The van der Waals surface area contributed by atoms with E-state index in [2.05, 4.69) is 21.3 Å². The lowest BCUT2D eigenvalue weighted by molar-refractivity contribution is -0.428. The van der Waals surface area contributed by atoms with Gasteiger partial charge in [-0.25, -0.2) is 0 Å². The SMILES string of the molecule is CC(=O)NC1C(O)[C@H](O[C@@H]2OC(CO[C@]3(O)C[C@@H](O)[C@@H](C)C([C@H](O)C(O)CO)O3)[C@H](O)[C@H](O)C2O)[C@H](CO)O[C@H]1OC1[C@@H](OCC2O[C@@H](O[C@@H]3C(CO)O[C@@H](O[C@@H]4C(CO)O[C@@H](C)C(NC(C)=O)[C@H]4O)C(NC(C)=O)[C@H]3O)C(O)[C@@H](O[C@H]3OC(CO)[C@@H](O)C(O)C3O[C@@H]3OC(CO)[C@@H](O[C@@H]4OC(CO[C@]5(O)C[C@@H](O)[C@@H](C)C([C@H](O)C(O)CO)O5)[C@H](O)[C@H](O)C4O)[C@H](O)C3NC(C)=O)[C@@H]2O)OC(CO)[C@@H](O)[C@@H]1O. The van der Waals surface area contributed by atoms with Crippen LogP contribution >= 0.6 is 0 Å². The van der Waals surface area contributed by atoms with Crippen molar-refractivity contribution in [1.82, 2.24) is 21.3 Å². The summed E-state index contributed by atoms with van der Waals surface area (Å²) in [6, 6.07) is -7.31. The summed E-state index contributed by atoms with van der Waals surface area (Å²) in [5, 5.41) is 369. The van der Waals surface area contributed by atoms with Gasteiger partial charge in [-0.15, -0.1) is 0 Å². The fourth-order valence-electron chi connectivity index (χ4n) is 18.8. The van der Waals surface area contributed by atoms with Crippen LogP contribution in [0, 0.1) is 11.8 Å². The maximum atomic E-state index is 13.3. The average Bonchev–Trinajstić information content (AvgIpc) is 0.765. The van der Waals surface area contributed by atoms with Gasteiger partial charge in [0.05, 0.1) is 122 Å². The third-order valence-corrected chi connectivity index (χ3v) is 26.9. The van der Waals surface area contributed by atoms with Crippen LogP contribution < -0.4 is 21.3 Å². The highest BCUT2D eigenvalue weighted by Gasteiger charge is 2.63. The molecule has 0 aromatic carbocycles. The van der Waals surface area contributed by atoms with Gasteiger partial charge in [0.1, 0.15) is 238 Å². The number of amides is 4. The van der Waals surface area contributed by atoms with Crippen LogP contribution in [0.4, 0.5) is 0 Å². The molecule has 0 aromatic heterocycles. The molecule has 61 heteroatoms. The van der Waals surface area contributed by atoms with Gasteiger partial charge in [-0.1, -0.05) is 13.8 Å². The van der Waals surface area contributed by atoms with E-state index in [0.717, 1.165) is 27.7 Å². The van der Waals surface area contributed by atoms with Crippen molar-refractivity contribution in [2.75, 3.05) is 72.7 Å². The van der Waals surface area contributed by atoms with E-state index >= 15 is 0 Å². The molecule has 11 aliphatic heterocycles. The van der Waals surface area contributed by atoms with Crippen LogP contribution in [0.1, 0.15) is 61.3 Å². The van der Waals surface area contributed by atoms with E-state index in [-0.39, 0.29) is 0 Å². The van der Waals surface area contributed by atoms with E-state index in [9.17, 15) is 183 Å². The van der Waals surface area contributed by atoms with Crippen molar-refractivity contribution in [3.8, 4) is 0 Å². The summed E-state index contributed by atoms with van der Waals surface area (Å²) in [5.41, 5.74) is 0. The van der Waals surface area contributed by atoms with Crippen molar-refractivity contribution in [3.05, 3.63) is 0 Å². The van der Waals surface area contributed by atoms with Crippen LogP contribution in [0.3, 0.4) is 0 Å². The monoisotopic (exact) mass is 2080 g/mol. The van der Waals surface area contributed by atoms with Crippen LogP contribution in [0.2, 0.25) is 0 Å².